The van der Waals surface area contributed by atoms with Gasteiger partial charge in [0.2, 0.25) is 0 Å². The van der Waals surface area contributed by atoms with Crippen molar-refractivity contribution in [3.8, 4) is 0 Å². The van der Waals surface area contributed by atoms with E-state index in [0.717, 1.165) is 19.0 Å². The summed E-state index contributed by atoms with van der Waals surface area (Å²) < 4.78 is 0. The van der Waals surface area contributed by atoms with Crippen LogP contribution in [0.25, 0.3) is 0 Å². The molecule has 0 aromatic heterocycles. The number of para-hydroxylation sites is 1. The van der Waals surface area contributed by atoms with Gasteiger partial charge in [-0.15, -0.1) is 0 Å². The van der Waals surface area contributed by atoms with Crippen LogP contribution in [0.4, 0.5) is 5.69 Å². The summed E-state index contributed by atoms with van der Waals surface area (Å²) in [6, 6.07) is 8.84. The maximum Gasteiger partial charge on any atom is 0.0411 e. The number of hydrogen-bond acceptors (Lipinski definition) is 2. The van der Waals surface area contributed by atoms with Crippen molar-refractivity contribution >= 4 is 5.69 Å². The minimum absolute atomic E-state index is 0.946. The zero-order valence-electron chi connectivity index (χ0n) is 11.8. The van der Waals surface area contributed by atoms with E-state index < -0.39 is 0 Å². The molecule has 1 saturated heterocycles. The lowest BCUT2D eigenvalue weighted by Gasteiger charge is -2.34. The predicted molar refractivity (Wildman–Crippen MR) is 79.1 cm³/mol. The SMILES string of the molecule is CCNCc1ccccc1N1CCC(CC)CC1. The Morgan fingerprint density at radius 3 is 2.56 bits per heavy atom. The number of nitrogens with zero attached hydrogens (tertiary/aromatic N) is 1. The Balaban J connectivity index is 2.03. The van der Waals surface area contributed by atoms with Gasteiger partial charge >= 0.3 is 0 Å². The van der Waals surface area contributed by atoms with Crippen LogP contribution in [0.2, 0.25) is 0 Å². The van der Waals surface area contributed by atoms with Gasteiger partial charge in [0.15, 0.2) is 0 Å². The summed E-state index contributed by atoms with van der Waals surface area (Å²) >= 11 is 0. The van der Waals surface area contributed by atoms with Crippen LogP contribution in [0, 0.1) is 5.92 Å². The first kappa shape index (κ1) is 13.4. The molecule has 1 aromatic carbocycles. The average molecular weight is 246 g/mol. The van der Waals surface area contributed by atoms with E-state index in [1.165, 1.54) is 43.6 Å². The van der Waals surface area contributed by atoms with Gasteiger partial charge in [-0.2, -0.15) is 0 Å². The number of rotatable bonds is 5. The molecule has 0 aliphatic carbocycles. The zero-order valence-corrected chi connectivity index (χ0v) is 11.8. The molecule has 1 heterocycles. The maximum atomic E-state index is 3.44. The van der Waals surface area contributed by atoms with Crippen LogP contribution in [0.5, 0.6) is 0 Å². The largest absolute Gasteiger partial charge is 0.371 e. The molecule has 0 bridgehead atoms. The van der Waals surface area contributed by atoms with E-state index in [9.17, 15) is 0 Å². The van der Waals surface area contributed by atoms with E-state index in [-0.39, 0.29) is 0 Å². The summed E-state index contributed by atoms with van der Waals surface area (Å²) in [5.74, 6) is 0.946. The monoisotopic (exact) mass is 246 g/mol. The van der Waals surface area contributed by atoms with Gasteiger partial charge in [0.25, 0.3) is 0 Å². The zero-order chi connectivity index (χ0) is 12.8. The average Bonchev–Trinajstić information content (AvgIpc) is 2.45. The van der Waals surface area contributed by atoms with Crippen LogP contribution in [0.1, 0.15) is 38.7 Å². The lowest BCUT2D eigenvalue weighted by atomic mass is 9.94. The van der Waals surface area contributed by atoms with Gasteiger partial charge in [-0.05, 0) is 36.9 Å². The Bertz CT molecular complexity index is 354. The molecule has 2 heteroatoms. The second-order valence-corrected chi connectivity index (χ2v) is 5.25. The number of hydrogen-bond donors (Lipinski definition) is 1. The fourth-order valence-corrected chi connectivity index (χ4v) is 2.81. The molecule has 1 aromatic rings. The van der Waals surface area contributed by atoms with Crippen LogP contribution in [-0.2, 0) is 6.54 Å². The van der Waals surface area contributed by atoms with Gasteiger partial charge in [0, 0.05) is 25.3 Å². The van der Waals surface area contributed by atoms with Crippen LogP contribution in [0.15, 0.2) is 24.3 Å². The van der Waals surface area contributed by atoms with E-state index in [2.05, 4.69) is 48.3 Å². The molecular weight excluding hydrogens is 220 g/mol. The van der Waals surface area contributed by atoms with Crippen molar-refractivity contribution in [1.82, 2.24) is 5.32 Å². The van der Waals surface area contributed by atoms with Crippen molar-refractivity contribution in [2.45, 2.75) is 39.7 Å². The normalized spacial score (nSPS) is 17.1. The van der Waals surface area contributed by atoms with Gasteiger partial charge in [0.1, 0.15) is 0 Å². The third-order valence-corrected chi connectivity index (χ3v) is 4.09. The van der Waals surface area contributed by atoms with E-state index >= 15 is 0 Å². The van der Waals surface area contributed by atoms with Crippen molar-refractivity contribution in [2.75, 3.05) is 24.5 Å². The van der Waals surface area contributed by atoms with Crippen molar-refractivity contribution in [2.24, 2.45) is 5.92 Å². The molecule has 0 spiro atoms. The van der Waals surface area contributed by atoms with Crippen LogP contribution >= 0.6 is 0 Å². The Morgan fingerprint density at radius 2 is 1.89 bits per heavy atom. The van der Waals surface area contributed by atoms with Crippen molar-refractivity contribution in [3.63, 3.8) is 0 Å². The fourth-order valence-electron chi connectivity index (χ4n) is 2.81. The van der Waals surface area contributed by atoms with E-state index in [1.807, 2.05) is 0 Å². The molecule has 1 fully saturated rings. The van der Waals surface area contributed by atoms with Gasteiger partial charge in [0.05, 0.1) is 0 Å². The number of benzene rings is 1. The standard InChI is InChI=1S/C16H26N2/c1-3-14-9-11-18(12-10-14)16-8-6-5-7-15(16)13-17-4-2/h5-8,14,17H,3-4,9-13H2,1-2H3. The highest BCUT2D eigenvalue weighted by molar-refractivity contribution is 5.53. The molecule has 0 saturated carbocycles. The highest BCUT2D eigenvalue weighted by atomic mass is 15.1. The molecule has 0 unspecified atom stereocenters. The summed E-state index contributed by atoms with van der Waals surface area (Å²) in [5.41, 5.74) is 2.88. The first-order chi connectivity index (χ1) is 8.85. The topological polar surface area (TPSA) is 15.3 Å². The lowest BCUT2D eigenvalue weighted by molar-refractivity contribution is 0.394. The smallest absolute Gasteiger partial charge is 0.0411 e. The van der Waals surface area contributed by atoms with Crippen molar-refractivity contribution in [3.05, 3.63) is 29.8 Å². The maximum absolute atomic E-state index is 3.44. The highest BCUT2D eigenvalue weighted by Gasteiger charge is 2.19. The molecule has 2 nitrogen and oxygen atoms in total. The number of nitrogens with one attached hydrogen (secondary N) is 1. The second-order valence-electron chi connectivity index (χ2n) is 5.25. The van der Waals surface area contributed by atoms with E-state index in [4.69, 9.17) is 0 Å². The molecule has 1 aliphatic rings. The molecule has 100 valence electrons. The molecule has 18 heavy (non-hydrogen) atoms. The summed E-state index contributed by atoms with van der Waals surface area (Å²) in [7, 11) is 0. The van der Waals surface area contributed by atoms with Crippen LogP contribution < -0.4 is 10.2 Å². The van der Waals surface area contributed by atoms with Gasteiger partial charge < -0.3 is 10.2 Å². The first-order valence-corrected chi connectivity index (χ1v) is 7.38. The summed E-state index contributed by atoms with van der Waals surface area (Å²) in [5, 5.41) is 3.44. The van der Waals surface area contributed by atoms with Crippen LogP contribution in [-0.4, -0.2) is 19.6 Å². The first-order valence-electron chi connectivity index (χ1n) is 7.38. The van der Waals surface area contributed by atoms with Crippen LogP contribution in [0.3, 0.4) is 0 Å². The molecule has 0 amide bonds. The van der Waals surface area contributed by atoms with Gasteiger partial charge in [-0.3, -0.25) is 0 Å². The number of piperidine rings is 1. The quantitative estimate of drug-likeness (QED) is 0.856. The van der Waals surface area contributed by atoms with Crippen molar-refractivity contribution < 1.29 is 0 Å². The van der Waals surface area contributed by atoms with E-state index in [0.29, 0.717) is 0 Å². The molecule has 1 N–H and O–H groups in total. The van der Waals surface area contributed by atoms with Gasteiger partial charge in [-0.25, -0.2) is 0 Å². The summed E-state index contributed by atoms with van der Waals surface area (Å²) in [4.78, 5) is 2.57. The summed E-state index contributed by atoms with van der Waals surface area (Å²) in [6.45, 7) is 8.95. The fraction of sp³-hybridized carbons (Fsp3) is 0.625. The summed E-state index contributed by atoms with van der Waals surface area (Å²) in [6.07, 6.45) is 4.05. The molecule has 0 radical (unpaired) electrons. The molecule has 1 aliphatic heterocycles. The highest BCUT2D eigenvalue weighted by Crippen LogP contribution is 2.27. The molecule has 2 rings (SSSR count). The molecular formula is C16H26N2. The third kappa shape index (κ3) is 3.26. The predicted octanol–water partition coefficient (Wildman–Crippen LogP) is 3.42. The minimum Gasteiger partial charge on any atom is -0.371 e. The lowest BCUT2D eigenvalue weighted by Crippen LogP contribution is -2.34. The Morgan fingerprint density at radius 1 is 1.17 bits per heavy atom. The Labute approximate surface area is 111 Å². The van der Waals surface area contributed by atoms with Gasteiger partial charge in [-0.1, -0.05) is 38.5 Å². The minimum atomic E-state index is 0.946. The third-order valence-electron chi connectivity index (χ3n) is 4.09. The second kappa shape index (κ2) is 6.79. The Hall–Kier alpha value is -1.02. The number of anilines is 1. The molecule has 0 atom stereocenters. The van der Waals surface area contributed by atoms with E-state index in [1.54, 1.807) is 0 Å². The Kier molecular flexibility index (Phi) is 5.06. The van der Waals surface area contributed by atoms with Crippen molar-refractivity contribution in [1.29, 1.82) is 0 Å².